The quantitative estimate of drug-likeness (QED) is 0.271. The summed E-state index contributed by atoms with van der Waals surface area (Å²) < 4.78 is 5.38. The van der Waals surface area contributed by atoms with Gasteiger partial charge in [0.1, 0.15) is 13.5 Å². The van der Waals surface area contributed by atoms with E-state index in [9.17, 15) is 0 Å². The number of aliphatic imine (C=N–C) groups is 1. The Morgan fingerprint density at radius 2 is 1.87 bits per heavy atom. The van der Waals surface area contributed by atoms with Gasteiger partial charge >= 0.3 is 0 Å². The van der Waals surface area contributed by atoms with Crippen LogP contribution in [0, 0.1) is 6.92 Å². The molecule has 0 saturated carbocycles. The molecule has 4 aromatic rings. The molecule has 4 rings (SSSR count). The Labute approximate surface area is 182 Å². The second-order valence-corrected chi connectivity index (χ2v) is 7.36. The van der Waals surface area contributed by atoms with Crippen LogP contribution in [-0.2, 0) is 4.79 Å². The molecule has 0 saturated heterocycles. The number of aliphatic hydroxyl groups excluding tert-OH is 1. The van der Waals surface area contributed by atoms with Crippen LogP contribution in [0.5, 0.6) is 0 Å². The van der Waals surface area contributed by atoms with Crippen LogP contribution >= 0.6 is 11.5 Å². The van der Waals surface area contributed by atoms with Gasteiger partial charge in [0.25, 0.3) is 0 Å². The second kappa shape index (κ2) is 11.6. The second-order valence-electron chi connectivity index (χ2n) is 6.56. The van der Waals surface area contributed by atoms with Gasteiger partial charge in [-0.3, -0.25) is 0 Å². The molecule has 158 valence electrons. The first-order chi connectivity index (χ1) is 14.6. The Hall–Kier alpha value is -3.29. The van der Waals surface area contributed by atoms with Gasteiger partial charge < -0.3 is 20.1 Å². The van der Waals surface area contributed by atoms with Gasteiger partial charge in [-0.2, -0.15) is 4.37 Å². The summed E-state index contributed by atoms with van der Waals surface area (Å²) in [5.74, 6) is 0.709. The Bertz CT molecular complexity index is 1110. The fourth-order valence-electron chi connectivity index (χ4n) is 2.78. The van der Waals surface area contributed by atoms with Crippen molar-refractivity contribution in [2.24, 2.45) is 4.99 Å². The van der Waals surface area contributed by atoms with Gasteiger partial charge in [-0.1, -0.05) is 42.5 Å². The lowest BCUT2D eigenvalue weighted by molar-refractivity contribution is -0.0979. The van der Waals surface area contributed by atoms with Crippen LogP contribution in [0.2, 0.25) is 0 Å². The number of aryl methyl sites for hydroxylation is 1. The summed E-state index contributed by atoms with van der Waals surface area (Å²) in [4.78, 5) is 14.2. The van der Waals surface area contributed by atoms with Crippen molar-refractivity contribution in [3.05, 3.63) is 66.2 Å². The highest BCUT2D eigenvalue weighted by Crippen LogP contribution is 2.30. The van der Waals surface area contributed by atoms with Crippen LogP contribution in [0.15, 0.2) is 65.7 Å². The van der Waals surface area contributed by atoms with Crippen molar-refractivity contribution in [2.45, 2.75) is 6.92 Å². The molecule has 3 aromatic carbocycles. The van der Waals surface area contributed by atoms with Crippen molar-refractivity contribution in [3.63, 3.8) is 0 Å². The maximum absolute atomic E-state index is 8.83. The van der Waals surface area contributed by atoms with Crippen LogP contribution in [0.1, 0.15) is 6.99 Å². The number of anilines is 1. The fraction of sp³-hybridized carbons (Fsp3) is 0.174. The normalized spacial score (nSPS) is 10.3. The minimum Gasteiger partial charge on any atom is -0.377 e. The Morgan fingerprint density at radius 1 is 1.13 bits per heavy atom. The van der Waals surface area contributed by atoms with Crippen molar-refractivity contribution in [2.75, 3.05) is 26.1 Å². The lowest BCUT2D eigenvalue weighted by atomic mass is 10.1. The molecular weight excluding hydrogens is 396 g/mol. The molecule has 1 heterocycles. The van der Waals surface area contributed by atoms with Gasteiger partial charge in [0.15, 0.2) is 5.82 Å². The van der Waals surface area contributed by atoms with E-state index in [4.69, 9.17) is 9.90 Å². The molecule has 0 aliphatic rings. The number of rotatable bonds is 4. The van der Waals surface area contributed by atoms with Crippen LogP contribution in [0.3, 0.4) is 0 Å². The van der Waals surface area contributed by atoms with E-state index in [1.807, 2.05) is 44.0 Å². The smallest absolute Gasteiger partial charge is 0.174 e. The molecule has 0 spiro atoms. The summed E-state index contributed by atoms with van der Waals surface area (Å²) >= 11 is 1.42. The first-order valence-electron chi connectivity index (χ1n) is 9.26. The Balaban J connectivity index is 0.000000298. The summed E-state index contributed by atoms with van der Waals surface area (Å²) in [6.07, 6.45) is 1.72. The number of carbonyl (C=O) groups excluding carboxylic acids is 1. The zero-order valence-corrected chi connectivity index (χ0v) is 18.2. The minimum absolute atomic E-state index is 0. The molecule has 0 aliphatic carbocycles. The largest absolute Gasteiger partial charge is 0.377 e. The third-order valence-corrected chi connectivity index (χ3v) is 4.97. The summed E-state index contributed by atoms with van der Waals surface area (Å²) in [5, 5.41) is 15.4. The van der Waals surface area contributed by atoms with Crippen LogP contribution in [0.25, 0.3) is 20.9 Å². The molecule has 0 amide bonds. The van der Waals surface area contributed by atoms with Gasteiger partial charge in [-0.25, -0.2) is 4.99 Å². The molecule has 0 unspecified atom stereocenters. The topological polar surface area (TPSA) is 77.8 Å². The lowest BCUT2D eigenvalue weighted by Crippen LogP contribution is -2.06. The number of fused-ring (bicyclic) bond motifs is 2. The van der Waals surface area contributed by atoms with E-state index in [-0.39, 0.29) is 8.16 Å². The van der Waals surface area contributed by atoms with Gasteiger partial charge in [0, 0.05) is 26.6 Å². The first-order valence-corrected chi connectivity index (χ1v) is 10.0. The summed E-state index contributed by atoms with van der Waals surface area (Å²) in [6, 6.07) is 20.7. The van der Waals surface area contributed by atoms with Crippen molar-refractivity contribution in [1.29, 1.82) is 0 Å². The summed E-state index contributed by atoms with van der Waals surface area (Å²) in [7, 11) is 3.83. The zero-order chi connectivity index (χ0) is 21.9. The minimum atomic E-state index is -0.0840. The van der Waals surface area contributed by atoms with E-state index >= 15 is 0 Å². The number of hydrogen-bond acceptors (Lipinski definition) is 6. The van der Waals surface area contributed by atoms with Crippen LogP contribution in [0.4, 0.5) is 11.5 Å². The number of aliphatic hydroxyl groups is 1. The van der Waals surface area contributed by atoms with Crippen molar-refractivity contribution in [1.82, 2.24) is 9.27 Å². The number of aromatic nitrogens is 1. The third kappa shape index (κ3) is 6.10. The Morgan fingerprint density at radius 3 is 2.57 bits per heavy atom. The van der Waals surface area contributed by atoms with E-state index in [1.54, 1.807) is 6.34 Å². The van der Waals surface area contributed by atoms with Crippen molar-refractivity contribution < 1.29 is 11.3 Å². The predicted molar refractivity (Wildman–Crippen MR) is 130 cm³/mol. The lowest BCUT2D eigenvalue weighted by Gasteiger charge is -2.02. The zero-order valence-electron chi connectivity index (χ0n) is 17.4. The number of hydrogen-bond donors (Lipinski definition) is 2. The summed E-state index contributed by atoms with van der Waals surface area (Å²) in [5.41, 5.74) is 2.21. The average molecular weight is 425 g/mol. The summed E-state index contributed by atoms with van der Waals surface area (Å²) in [6.45, 7) is 4.06. The standard InChI is InChI=1S/C11H14N4OS.C11H10.CH2O.H2/c1-15(2)6-12-11-9-5-8(13-7-16)3-4-10(9)17-14-11;1-9-5-4-7-10-6-2-3-8-11(9)10;1-2;/h3-6,13,16H,7H2,1-2H3;2-8H,1H3;1H2;1H. The van der Waals surface area contributed by atoms with Crippen LogP contribution < -0.4 is 5.32 Å². The van der Waals surface area contributed by atoms with E-state index in [1.165, 1.54) is 27.9 Å². The van der Waals surface area contributed by atoms with Gasteiger partial charge in [0.2, 0.25) is 0 Å². The number of nitrogens with zero attached hydrogens (tertiary/aromatic N) is 3. The van der Waals surface area contributed by atoms with E-state index in [0.717, 1.165) is 15.8 Å². The third-order valence-electron chi connectivity index (χ3n) is 4.15. The highest BCUT2D eigenvalue weighted by atomic mass is 32.1. The molecule has 30 heavy (non-hydrogen) atoms. The SMILES string of the molecule is C=O.CN(C)C=Nc1nsc2ccc(NCO)cc12.Cc1cccc2ccccc12.[HH]. The molecule has 0 aliphatic heterocycles. The number of carbonyl (C=O) groups is 1. The molecule has 7 heteroatoms. The highest BCUT2D eigenvalue weighted by Gasteiger charge is 2.05. The Kier molecular flexibility index (Phi) is 8.93. The van der Waals surface area contributed by atoms with Crippen LogP contribution in [-0.4, -0.2) is 48.3 Å². The fourth-order valence-corrected chi connectivity index (χ4v) is 3.49. The monoisotopic (exact) mass is 424 g/mol. The maximum Gasteiger partial charge on any atom is 0.174 e. The number of nitrogens with one attached hydrogen (secondary N) is 1. The van der Waals surface area contributed by atoms with E-state index in [2.05, 4.69) is 64.1 Å². The molecule has 2 N–H and O–H groups in total. The average Bonchev–Trinajstić information content (AvgIpc) is 3.17. The van der Waals surface area contributed by atoms with E-state index in [0.29, 0.717) is 5.82 Å². The molecular formula is C23H28N4O2S. The molecule has 0 bridgehead atoms. The first kappa shape index (κ1) is 23.0. The van der Waals surface area contributed by atoms with Gasteiger partial charge in [0.05, 0.1) is 11.0 Å². The molecule has 0 fully saturated rings. The van der Waals surface area contributed by atoms with Gasteiger partial charge in [-0.15, -0.1) is 0 Å². The molecule has 1 aromatic heterocycles. The van der Waals surface area contributed by atoms with Crippen molar-refractivity contribution in [3.8, 4) is 0 Å². The van der Waals surface area contributed by atoms with E-state index < -0.39 is 0 Å². The molecule has 0 radical (unpaired) electrons. The van der Waals surface area contributed by atoms with Gasteiger partial charge in [-0.05, 0) is 53.0 Å². The predicted octanol–water partition coefficient (Wildman–Crippen LogP) is 5.09. The molecule has 0 atom stereocenters. The number of benzene rings is 3. The molecule has 6 nitrogen and oxygen atoms in total. The maximum atomic E-state index is 8.83. The highest BCUT2D eigenvalue weighted by molar-refractivity contribution is 7.13. The van der Waals surface area contributed by atoms with Crippen molar-refractivity contribution >= 4 is 57.0 Å².